The Morgan fingerprint density at radius 3 is 2.94 bits per heavy atom. The number of aromatic nitrogens is 2. The van der Waals surface area contributed by atoms with Crippen LogP contribution in [0.25, 0.3) is 0 Å². The van der Waals surface area contributed by atoms with Gasteiger partial charge in [-0.1, -0.05) is 0 Å². The molecule has 18 heavy (non-hydrogen) atoms. The molecule has 1 aliphatic heterocycles. The molecule has 2 rings (SSSR count). The predicted molar refractivity (Wildman–Crippen MR) is 73.3 cm³/mol. The van der Waals surface area contributed by atoms with Crippen molar-refractivity contribution in [1.29, 1.82) is 0 Å². The Kier molecular flexibility index (Phi) is 4.32. The first kappa shape index (κ1) is 13.5. The second-order valence-corrected chi connectivity index (χ2v) is 6.01. The van der Waals surface area contributed by atoms with E-state index in [1.165, 1.54) is 18.6 Å². The fourth-order valence-electron chi connectivity index (χ4n) is 2.56. The highest BCUT2D eigenvalue weighted by Crippen LogP contribution is 2.29. The molecule has 0 saturated carbocycles. The third kappa shape index (κ3) is 2.88. The summed E-state index contributed by atoms with van der Waals surface area (Å²) >= 11 is 1.98. The minimum atomic E-state index is -0.741. The van der Waals surface area contributed by atoms with Crippen molar-refractivity contribution in [3.05, 3.63) is 17.0 Å². The minimum absolute atomic E-state index is 0.187. The van der Waals surface area contributed by atoms with Gasteiger partial charge in [-0.3, -0.25) is 9.48 Å². The number of aryl methyl sites for hydroxylation is 1. The lowest BCUT2D eigenvalue weighted by Crippen LogP contribution is -2.18. The summed E-state index contributed by atoms with van der Waals surface area (Å²) in [7, 11) is 0. The van der Waals surface area contributed by atoms with E-state index in [9.17, 15) is 4.79 Å². The van der Waals surface area contributed by atoms with Crippen LogP contribution < -0.4 is 0 Å². The van der Waals surface area contributed by atoms with Crippen molar-refractivity contribution in [3.8, 4) is 0 Å². The Bertz CT molecular complexity index is 436. The van der Waals surface area contributed by atoms with Crippen LogP contribution >= 0.6 is 11.8 Å². The van der Waals surface area contributed by atoms with E-state index in [4.69, 9.17) is 5.11 Å². The Hall–Kier alpha value is -0.970. The van der Waals surface area contributed by atoms with Crippen molar-refractivity contribution >= 4 is 17.7 Å². The molecule has 0 spiro atoms. The molecule has 0 radical (unpaired) electrons. The summed E-state index contributed by atoms with van der Waals surface area (Å²) in [6, 6.07) is 0.487. The molecule has 1 aromatic heterocycles. The minimum Gasteiger partial charge on any atom is -0.481 e. The molecule has 1 aromatic rings. The number of aliphatic carboxylic acids is 1. The standard InChI is InChI=1S/C13H20N2O2S/c1-9-12(5-6-13(16)17)10(2)15(14-9)11-4-3-7-18-8-11/h11H,3-8H2,1-2H3,(H,16,17). The second-order valence-electron chi connectivity index (χ2n) is 4.86. The Morgan fingerprint density at radius 2 is 2.33 bits per heavy atom. The molecule has 0 aliphatic carbocycles. The lowest BCUT2D eigenvalue weighted by molar-refractivity contribution is -0.136. The average Bonchev–Trinajstić information content (AvgIpc) is 2.63. The Labute approximate surface area is 112 Å². The van der Waals surface area contributed by atoms with Gasteiger partial charge < -0.3 is 5.11 Å². The van der Waals surface area contributed by atoms with Crippen LogP contribution in [-0.2, 0) is 11.2 Å². The molecule has 5 heteroatoms. The summed E-state index contributed by atoms with van der Waals surface area (Å²) in [5, 5.41) is 13.4. The summed E-state index contributed by atoms with van der Waals surface area (Å²) < 4.78 is 2.12. The second kappa shape index (κ2) is 5.78. The van der Waals surface area contributed by atoms with Crippen LogP contribution in [0, 0.1) is 13.8 Å². The van der Waals surface area contributed by atoms with E-state index >= 15 is 0 Å². The lowest BCUT2D eigenvalue weighted by Gasteiger charge is -2.23. The summed E-state index contributed by atoms with van der Waals surface area (Å²) in [5.41, 5.74) is 3.26. The zero-order valence-corrected chi connectivity index (χ0v) is 11.8. The number of carbonyl (C=O) groups is 1. The molecule has 1 unspecified atom stereocenters. The maximum absolute atomic E-state index is 10.7. The van der Waals surface area contributed by atoms with Crippen molar-refractivity contribution in [3.63, 3.8) is 0 Å². The molecule has 1 atom stereocenters. The molecule has 2 heterocycles. The van der Waals surface area contributed by atoms with E-state index in [0.717, 1.165) is 22.7 Å². The number of carboxylic acid groups (broad SMARTS) is 1. The number of carboxylic acids is 1. The van der Waals surface area contributed by atoms with Crippen LogP contribution in [0.1, 0.15) is 42.3 Å². The van der Waals surface area contributed by atoms with E-state index in [1.807, 2.05) is 18.7 Å². The first-order chi connectivity index (χ1) is 8.59. The number of nitrogens with zero attached hydrogens (tertiary/aromatic N) is 2. The van der Waals surface area contributed by atoms with Gasteiger partial charge in [0.2, 0.25) is 0 Å². The Morgan fingerprint density at radius 1 is 1.56 bits per heavy atom. The van der Waals surface area contributed by atoms with Gasteiger partial charge in [0.25, 0.3) is 0 Å². The van der Waals surface area contributed by atoms with Gasteiger partial charge >= 0.3 is 5.97 Å². The molecule has 1 N–H and O–H groups in total. The largest absolute Gasteiger partial charge is 0.481 e. The van der Waals surface area contributed by atoms with Gasteiger partial charge in [0.15, 0.2) is 0 Å². The maximum atomic E-state index is 10.7. The third-order valence-corrected chi connectivity index (χ3v) is 4.74. The fourth-order valence-corrected chi connectivity index (χ4v) is 3.68. The first-order valence-corrected chi connectivity index (χ1v) is 7.59. The van der Waals surface area contributed by atoms with E-state index in [2.05, 4.69) is 16.7 Å². The molecule has 0 amide bonds. The van der Waals surface area contributed by atoms with Crippen LogP contribution in [0.15, 0.2) is 0 Å². The smallest absolute Gasteiger partial charge is 0.303 e. The summed E-state index contributed by atoms with van der Waals surface area (Å²) in [6.45, 7) is 4.05. The Balaban J connectivity index is 2.16. The van der Waals surface area contributed by atoms with Gasteiger partial charge in [-0.2, -0.15) is 16.9 Å². The number of hydrogen-bond acceptors (Lipinski definition) is 3. The lowest BCUT2D eigenvalue weighted by atomic mass is 10.1. The maximum Gasteiger partial charge on any atom is 0.303 e. The van der Waals surface area contributed by atoms with E-state index in [-0.39, 0.29) is 6.42 Å². The summed E-state index contributed by atoms with van der Waals surface area (Å²) in [6.07, 6.45) is 3.21. The quantitative estimate of drug-likeness (QED) is 0.912. The van der Waals surface area contributed by atoms with Gasteiger partial charge in [-0.15, -0.1) is 0 Å². The first-order valence-electron chi connectivity index (χ1n) is 6.43. The zero-order valence-electron chi connectivity index (χ0n) is 11.0. The van der Waals surface area contributed by atoms with Crippen molar-refractivity contribution in [2.24, 2.45) is 0 Å². The zero-order chi connectivity index (χ0) is 13.1. The average molecular weight is 268 g/mol. The molecular weight excluding hydrogens is 248 g/mol. The highest BCUT2D eigenvalue weighted by atomic mass is 32.2. The molecular formula is C13H20N2O2S. The van der Waals surface area contributed by atoms with Crippen molar-refractivity contribution in [2.75, 3.05) is 11.5 Å². The van der Waals surface area contributed by atoms with Crippen LogP contribution in [0.4, 0.5) is 0 Å². The molecule has 0 bridgehead atoms. The number of thioether (sulfide) groups is 1. The third-order valence-electron chi connectivity index (χ3n) is 3.55. The SMILES string of the molecule is Cc1nn(C2CCCSC2)c(C)c1CCC(=O)O. The fraction of sp³-hybridized carbons (Fsp3) is 0.692. The normalized spacial score (nSPS) is 20.0. The highest BCUT2D eigenvalue weighted by molar-refractivity contribution is 7.99. The molecule has 0 aromatic carbocycles. The summed E-state index contributed by atoms with van der Waals surface area (Å²) in [4.78, 5) is 10.7. The van der Waals surface area contributed by atoms with E-state index in [0.29, 0.717) is 12.5 Å². The van der Waals surface area contributed by atoms with Crippen LogP contribution in [0.3, 0.4) is 0 Å². The van der Waals surface area contributed by atoms with Gasteiger partial charge in [-0.05, 0) is 44.4 Å². The van der Waals surface area contributed by atoms with E-state index in [1.54, 1.807) is 0 Å². The van der Waals surface area contributed by atoms with E-state index < -0.39 is 5.97 Å². The molecule has 1 fully saturated rings. The van der Waals surface area contributed by atoms with Gasteiger partial charge in [0, 0.05) is 17.9 Å². The molecule has 4 nitrogen and oxygen atoms in total. The molecule has 100 valence electrons. The monoisotopic (exact) mass is 268 g/mol. The van der Waals surface area contributed by atoms with Crippen LogP contribution in [0.5, 0.6) is 0 Å². The van der Waals surface area contributed by atoms with Crippen LogP contribution in [-0.4, -0.2) is 32.4 Å². The number of hydrogen-bond donors (Lipinski definition) is 1. The molecule has 1 aliphatic rings. The summed E-state index contributed by atoms with van der Waals surface area (Å²) in [5.74, 6) is 1.64. The highest BCUT2D eigenvalue weighted by Gasteiger charge is 2.21. The van der Waals surface area contributed by atoms with Gasteiger partial charge in [0.1, 0.15) is 0 Å². The molecule has 1 saturated heterocycles. The van der Waals surface area contributed by atoms with Crippen molar-refractivity contribution < 1.29 is 9.90 Å². The van der Waals surface area contributed by atoms with Gasteiger partial charge in [0.05, 0.1) is 11.7 Å². The van der Waals surface area contributed by atoms with Crippen molar-refractivity contribution in [2.45, 2.75) is 45.6 Å². The topological polar surface area (TPSA) is 55.1 Å². The number of rotatable bonds is 4. The predicted octanol–water partition coefficient (Wildman–Crippen LogP) is 2.59. The van der Waals surface area contributed by atoms with Gasteiger partial charge in [-0.25, -0.2) is 0 Å². The van der Waals surface area contributed by atoms with Crippen molar-refractivity contribution in [1.82, 2.24) is 9.78 Å². The van der Waals surface area contributed by atoms with Crippen LogP contribution in [0.2, 0.25) is 0 Å².